The molecule has 0 aliphatic carbocycles. The number of morpholine rings is 1. The lowest BCUT2D eigenvalue weighted by Gasteiger charge is -2.35. The lowest BCUT2D eigenvalue weighted by atomic mass is 10.0. The fourth-order valence-electron chi connectivity index (χ4n) is 3.03. The summed E-state index contributed by atoms with van der Waals surface area (Å²) in [6, 6.07) is 6.96. The summed E-state index contributed by atoms with van der Waals surface area (Å²) in [7, 11) is 1.79. The number of ether oxygens (including phenoxy) is 1. The molecule has 0 bridgehead atoms. The number of halogens is 1. The molecule has 1 heterocycles. The van der Waals surface area contributed by atoms with Crippen molar-refractivity contribution in [2.24, 2.45) is 4.99 Å². The third-order valence-corrected chi connectivity index (χ3v) is 4.50. The predicted molar refractivity (Wildman–Crippen MR) is 100 cm³/mol. The molecule has 140 valence electrons. The Morgan fingerprint density at radius 3 is 2.56 bits per heavy atom. The second-order valence-corrected chi connectivity index (χ2v) is 6.30. The third-order valence-electron chi connectivity index (χ3n) is 4.50. The Labute approximate surface area is 150 Å². The predicted octanol–water partition coefficient (Wildman–Crippen LogP) is 2.55. The first kappa shape index (κ1) is 19.7. The smallest absolute Gasteiger partial charge is 0.191 e. The molecule has 1 fully saturated rings. The number of nitrogens with zero attached hydrogens (tertiary/aromatic N) is 2. The van der Waals surface area contributed by atoms with Crippen LogP contribution in [0.3, 0.4) is 0 Å². The van der Waals surface area contributed by atoms with Crippen LogP contribution in [-0.4, -0.2) is 57.3 Å². The van der Waals surface area contributed by atoms with Crippen molar-refractivity contribution in [3.63, 3.8) is 0 Å². The van der Waals surface area contributed by atoms with Gasteiger partial charge in [0.2, 0.25) is 0 Å². The molecular formula is C19H31FN4O. The number of nitrogens with one attached hydrogen (secondary N) is 2. The molecule has 2 rings (SSSR count). The van der Waals surface area contributed by atoms with Gasteiger partial charge in [0.25, 0.3) is 0 Å². The van der Waals surface area contributed by atoms with Gasteiger partial charge in [-0.3, -0.25) is 9.89 Å². The van der Waals surface area contributed by atoms with Crippen LogP contribution >= 0.6 is 0 Å². The Morgan fingerprint density at radius 1 is 1.20 bits per heavy atom. The summed E-state index contributed by atoms with van der Waals surface area (Å²) in [6.45, 7) is 7.08. The highest BCUT2D eigenvalue weighted by atomic mass is 19.1. The zero-order valence-electron chi connectivity index (χ0n) is 15.4. The Balaban J connectivity index is 1.96. The monoisotopic (exact) mass is 350 g/mol. The fraction of sp³-hybridized carbons (Fsp3) is 0.632. The molecule has 0 saturated carbocycles. The van der Waals surface area contributed by atoms with Gasteiger partial charge in [-0.15, -0.1) is 0 Å². The Hall–Kier alpha value is -1.66. The SMILES string of the molecule is CCCCCNC(=NC)NCC(c1ccc(F)cc1)N1CCOCC1. The average molecular weight is 350 g/mol. The highest BCUT2D eigenvalue weighted by molar-refractivity contribution is 5.79. The van der Waals surface area contributed by atoms with Gasteiger partial charge in [-0.1, -0.05) is 31.9 Å². The van der Waals surface area contributed by atoms with E-state index < -0.39 is 0 Å². The van der Waals surface area contributed by atoms with Gasteiger partial charge >= 0.3 is 0 Å². The van der Waals surface area contributed by atoms with Crippen molar-refractivity contribution in [3.8, 4) is 0 Å². The van der Waals surface area contributed by atoms with Gasteiger partial charge in [-0.05, 0) is 24.1 Å². The molecule has 6 heteroatoms. The fourth-order valence-corrected chi connectivity index (χ4v) is 3.03. The van der Waals surface area contributed by atoms with Crippen molar-refractivity contribution in [2.75, 3.05) is 46.4 Å². The first-order valence-corrected chi connectivity index (χ1v) is 9.26. The number of aliphatic imine (C=N–C) groups is 1. The van der Waals surface area contributed by atoms with E-state index in [-0.39, 0.29) is 11.9 Å². The summed E-state index contributed by atoms with van der Waals surface area (Å²) >= 11 is 0. The molecule has 0 aromatic heterocycles. The van der Waals surface area contributed by atoms with Crippen LogP contribution in [0.5, 0.6) is 0 Å². The van der Waals surface area contributed by atoms with Gasteiger partial charge in [0, 0.05) is 33.2 Å². The lowest BCUT2D eigenvalue weighted by molar-refractivity contribution is 0.0170. The maximum Gasteiger partial charge on any atom is 0.191 e. The van der Waals surface area contributed by atoms with Crippen LogP contribution in [0.4, 0.5) is 4.39 Å². The van der Waals surface area contributed by atoms with Gasteiger partial charge < -0.3 is 15.4 Å². The summed E-state index contributed by atoms with van der Waals surface area (Å²) < 4.78 is 18.8. The summed E-state index contributed by atoms with van der Waals surface area (Å²) in [6.07, 6.45) is 3.56. The molecule has 1 aromatic carbocycles. The van der Waals surface area contributed by atoms with Crippen molar-refractivity contribution >= 4 is 5.96 Å². The number of hydrogen-bond acceptors (Lipinski definition) is 3. The molecule has 0 amide bonds. The van der Waals surface area contributed by atoms with Crippen LogP contribution < -0.4 is 10.6 Å². The number of guanidine groups is 1. The molecule has 1 atom stereocenters. The van der Waals surface area contributed by atoms with Gasteiger partial charge in [0.05, 0.1) is 19.3 Å². The summed E-state index contributed by atoms with van der Waals surface area (Å²) in [5.41, 5.74) is 1.11. The molecule has 1 aliphatic heterocycles. The molecule has 1 aliphatic rings. The summed E-state index contributed by atoms with van der Waals surface area (Å²) in [5.74, 6) is 0.613. The minimum absolute atomic E-state index is 0.165. The highest BCUT2D eigenvalue weighted by Gasteiger charge is 2.22. The van der Waals surface area contributed by atoms with Crippen LogP contribution in [0.15, 0.2) is 29.3 Å². The number of hydrogen-bond donors (Lipinski definition) is 2. The van der Waals surface area contributed by atoms with Crippen LogP contribution in [0.2, 0.25) is 0 Å². The van der Waals surface area contributed by atoms with Crippen LogP contribution in [-0.2, 0) is 4.74 Å². The van der Waals surface area contributed by atoms with Crippen molar-refractivity contribution in [1.29, 1.82) is 0 Å². The van der Waals surface area contributed by atoms with Crippen molar-refractivity contribution in [3.05, 3.63) is 35.6 Å². The zero-order valence-corrected chi connectivity index (χ0v) is 15.4. The van der Waals surface area contributed by atoms with Crippen LogP contribution in [0.25, 0.3) is 0 Å². The average Bonchev–Trinajstić information content (AvgIpc) is 2.66. The van der Waals surface area contributed by atoms with E-state index >= 15 is 0 Å². The van der Waals surface area contributed by atoms with Crippen molar-refractivity contribution in [2.45, 2.75) is 32.2 Å². The normalized spacial score (nSPS) is 17.3. The van der Waals surface area contributed by atoms with Crippen molar-refractivity contribution in [1.82, 2.24) is 15.5 Å². The van der Waals surface area contributed by atoms with E-state index in [1.807, 2.05) is 12.1 Å². The minimum Gasteiger partial charge on any atom is -0.379 e. The van der Waals surface area contributed by atoms with Crippen LogP contribution in [0, 0.1) is 5.82 Å². The second-order valence-electron chi connectivity index (χ2n) is 6.30. The molecule has 25 heavy (non-hydrogen) atoms. The van der Waals surface area contributed by atoms with E-state index in [0.717, 1.165) is 57.3 Å². The topological polar surface area (TPSA) is 48.9 Å². The maximum atomic E-state index is 13.3. The van der Waals surface area contributed by atoms with Gasteiger partial charge in [-0.25, -0.2) is 4.39 Å². The quantitative estimate of drug-likeness (QED) is 0.430. The van der Waals surface area contributed by atoms with E-state index in [9.17, 15) is 4.39 Å². The van der Waals surface area contributed by atoms with E-state index in [0.29, 0.717) is 0 Å². The van der Waals surface area contributed by atoms with E-state index in [2.05, 4.69) is 27.4 Å². The van der Waals surface area contributed by atoms with Gasteiger partial charge in [0.15, 0.2) is 5.96 Å². The molecule has 2 N–H and O–H groups in total. The minimum atomic E-state index is -0.203. The molecule has 5 nitrogen and oxygen atoms in total. The Kier molecular flexibility index (Phi) is 8.69. The second kappa shape index (κ2) is 11.1. The Morgan fingerprint density at radius 2 is 1.92 bits per heavy atom. The third kappa shape index (κ3) is 6.63. The number of benzene rings is 1. The molecule has 0 spiro atoms. The number of rotatable bonds is 8. The highest BCUT2D eigenvalue weighted by Crippen LogP contribution is 2.21. The Bertz CT molecular complexity index is 515. The number of unbranched alkanes of at least 4 members (excludes halogenated alkanes) is 2. The summed E-state index contributed by atoms with van der Waals surface area (Å²) in [4.78, 5) is 6.68. The molecule has 0 radical (unpaired) electrons. The zero-order chi connectivity index (χ0) is 17.9. The molecular weight excluding hydrogens is 319 g/mol. The van der Waals surface area contributed by atoms with E-state index in [1.54, 1.807) is 7.05 Å². The van der Waals surface area contributed by atoms with E-state index in [1.165, 1.54) is 25.0 Å². The summed E-state index contributed by atoms with van der Waals surface area (Å²) in [5, 5.41) is 6.78. The first-order valence-electron chi connectivity index (χ1n) is 9.26. The van der Waals surface area contributed by atoms with Gasteiger partial charge in [0.1, 0.15) is 5.82 Å². The van der Waals surface area contributed by atoms with Crippen LogP contribution in [0.1, 0.15) is 37.8 Å². The standard InChI is InChI=1S/C19H31FN4O/c1-3-4-5-10-22-19(21-2)23-15-18(24-11-13-25-14-12-24)16-6-8-17(20)9-7-16/h6-9,18H,3-5,10-15H2,1-2H3,(H2,21,22,23). The lowest BCUT2D eigenvalue weighted by Crippen LogP contribution is -2.46. The first-order chi connectivity index (χ1) is 12.2. The largest absolute Gasteiger partial charge is 0.379 e. The molecule has 1 aromatic rings. The van der Waals surface area contributed by atoms with Crippen molar-refractivity contribution < 1.29 is 9.13 Å². The maximum absolute atomic E-state index is 13.3. The van der Waals surface area contributed by atoms with E-state index in [4.69, 9.17) is 4.74 Å². The molecule has 1 saturated heterocycles. The molecule has 1 unspecified atom stereocenters. The van der Waals surface area contributed by atoms with Gasteiger partial charge in [-0.2, -0.15) is 0 Å².